The van der Waals surface area contributed by atoms with Crippen molar-refractivity contribution in [1.29, 1.82) is 10.5 Å². The van der Waals surface area contributed by atoms with E-state index in [1.165, 1.54) is 10.8 Å². The second-order valence-corrected chi connectivity index (χ2v) is 18.2. The monoisotopic (exact) mass is 892 g/mol. The summed E-state index contributed by atoms with van der Waals surface area (Å²) in [4.78, 5) is 2.41. The number of para-hydroxylation sites is 3. The number of hydrogen-bond donors (Lipinski definition) is 0. The van der Waals surface area contributed by atoms with Gasteiger partial charge in [-0.2, -0.15) is 10.5 Å². The van der Waals surface area contributed by atoms with Gasteiger partial charge in [-0.15, -0.1) is 0 Å². The molecule has 1 aliphatic rings. The fourth-order valence-corrected chi connectivity index (χ4v) is 11.6. The van der Waals surface area contributed by atoms with Crippen LogP contribution in [0.4, 0.5) is 11.4 Å². The van der Waals surface area contributed by atoms with Gasteiger partial charge in [0.1, 0.15) is 12.1 Å². The molecule has 0 fully saturated rings. The fraction of sp³-hybridized carbons (Fsp3) is 0.0312. The molecule has 13 aromatic rings. The highest BCUT2D eigenvalue weighted by molar-refractivity contribution is 6.23. The first-order valence-corrected chi connectivity index (χ1v) is 23.7. The molecular formula is C64H40N6. The molecule has 0 aliphatic heterocycles. The average molecular weight is 893 g/mol. The Labute approximate surface area is 402 Å². The maximum Gasteiger partial charge on any atom is 0.101 e. The summed E-state index contributed by atoms with van der Waals surface area (Å²) in [5.41, 5.74) is 11.6. The van der Waals surface area contributed by atoms with E-state index < -0.39 is 0 Å². The summed E-state index contributed by atoms with van der Waals surface area (Å²) in [6.07, 6.45) is 9.62. The standard InChI is InChI=1S/C64H40N6/c65-39-43-36-62(70-58-34-30-48(38-54(58)64-50-22-10-8-16-42(50)28-32-60(64)70)68-55-25-13-11-23-51(55)52-24-12-14-26-56(52)68)44(40-66)35-61(43)69-57-33-29-47(67(45-17-3-1-4-18-45)46-19-5-2-6-20-46)37-53(57)63-49-21-9-7-15-41(49)27-31-59(63)69/h1-19,21-38,46H,20H2. The van der Waals surface area contributed by atoms with Gasteiger partial charge in [-0.1, -0.05) is 140 Å². The Morgan fingerprint density at radius 3 is 1.47 bits per heavy atom. The molecule has 0 bridgehead atoms. The quantitative estimate of drug-likeness (QED) is 0.167. The van der Waals surface area contributed by atoms with Crippen molar-refractivity contribution < 1.29 is 0 Å². The van der Waals surface area contributed by atoms with Crippen molar-refractivity contribution >= 4 is 98.3 Å². The van der Waals surface area contributed by atoms with E-state index in [1.807, 2.05) is 12.1 Å². The third-order valence-electron chi connectivity index (χ3n) is 14.6. The van der Waals surface area contributed by atoms with E-state index in [2.05, 4.69) is 243 Å². The molecule has 1 aliphatic carbocycles. The summed E-state index contributed by atoms with van der Waals surface area (Å²) < 4.78 is 6.73. The molecule has 3 aromatic heterocycles. The van der Waals surface area contributed by atoms with Gasteiger partial charge in [0.15, 0.2) is 0 Å². The smallest absolute Gasteiger partial charge is 0.101 e. The summed E-state index contributed by atoms with van der Waals surface area (Å²) in [5, 5.41) is 33.9. The van der Waals surface area contributed by atoms with Crippen LogP contribution in [0.2, 0.25) is 0 Å². The van der Waals surface area contributed by atoms with Crippen LogP contribution in [0.1, 0.15) is 17.5 Å². The van der Waals surface area contributed by atoms with Crippen LogP contribution in [-0.2, 0) is 0 Å². The lowest BCUT2D eigenvalue weighted by Gasteiger charge is -2.32. The van der Waals surface area contributed by atoms with E-state index >= 15 is 0 Å². The topological polar surface area (TPSA) is 65.6 Å². The van der Waals surface area contributed by atoms with Crippen LogP contribution < -0.4 is 4.90 Å². The Hall–Kier alpha value is -9.62. The van der Waals surface area contributed by atoms with Crippen LogP contribution in [0, 0.1) is 22.7 Å². The van der Waals surface area contributed by atoms with Crippen LogP contribution in [0.25, 0.3) is 104 Å². The molecule has 1 atom stereocenters. The van der Waals surface area contributed by atoms with Crippen molar-refractivity contribution in [3.05, 3.63) is 236 Å². The molecule has 1 unspecified atom stereocenters. The van der Waals surface area contributed by atoms with Crippen molar-refractivity contribution in [2.24, 2.45) is 0 Å². The van der Waals surface area contributed by atoms with Crippen molar-refractivity contribution in [3.8, 4) is 29.2 Å². The Kier molecular flexibility index (Phi) is 8.74. The van der Waals surface area contributed by atoms with E-state index in [0.717, 1.165) is 99.7 Å². The Balaban J connectivity index is 1.01. The molecule has 0 saturated heterocycles. The number of aromatic nitrogens is 3. The average Bonchev–Trinajstić information content (AvgIpc) is 4.06. The fourth-order valence-electron chi connectivity index (χ4n) is 11.6. The SMILES string of the molecule is N#Cc1cc(-n2c3ccc(-n4c5ccccc5c5ccccc54)cc3c3c4ccccc4ccc32)c(C#N)cc1-n1c2ccc(N(c3ccccc3)C3C=CC=CC3)cc2c2c3ccccc3ccc21. The zero-order valence-corrected chi connectivity index (χ0v) is 37.8. The molecule has 14 rings (SSSR count). The number of anilines is 2. The van der Waals surface area contributed by atoms with Gasteiger partial charge >= 0.3 is 0 Å². The largest absolute Gasteiger partial charge is 0.334 e. The summed E-state index contributed by atoms with van der Waals surface area (Å²) in [7, 11) is 0. The number of benzene rings is 10. The molecule has 0 amide bonds. The van der Waals surface area contributed by atoms with E-state index in [4.69, 9.17) is 0 Å². The molecule has 0 spiro atoms. The predicted octanol–water partition coefficient (Wildman–Crippen LogP) is 16.1. The molecule has 6 heteroatoms. The minimum absolute atomic E-state index is 0.130. The van der Waals surface area contributed by atoms with Crippen molar-refractivity contribution in [3.63, 3.8) is 0 Å². The lowest BCUT2D eigenvalue weighted by molar-refractivity contribution is 0.785. The Bertz CT molecular complexity index is 4440. The molecule has 10 aromatic carbocycles. The van der Waals surface area contributed by atoms with Crippen LogP contribution in [0.3, 0.4) is 0 Å². The zero-order valence-electron chi connectivity index (χ0n) is 37.8. The van der Waals surface area contributed by atoms with E-state index in [0.29, 0.717) is 22.5 Å². The van der Waals surface area contributed by atoms with Gasteiger partial charge < -0.3 is 18.6 Å². The number of nitriles is 2. The molecule has 3 heterocycles. The van der Waals surface area contributed by atoms with E-state index in [1.54, 1.807) is 0 Å². The van der Waals surface area contributed by atoms with Gasteiger partial charge in [0, 0.05) is 49.4 Å². The summed E-state index contributed by atoms with van der Waals surface area (Å²) in [6.45, 7) is 0. The minimum atomic E-state index is 0.130. The lowest BCUT2D eigenvalue weighted by Crippen LogP contribution is -2.29. The predicted molar refractivity (Wildman–Crippen MR) is 289 cm³/mol. The second-order valence-electron chi connectivity index (χ2n) is 18.2. The maximum atomic E-state index is 11.3. The second kappa shape index (κ2) is 15.5. The third kappa shape index (κ3) is 5.78. The number of nitrogens with zero attached hydrogens (tertiary/aromatic N) is 6. The van der Waals surface area contributed by atoms with Gasteiger partial charge in [0.2, 0.25) is 0 Å². The number of rotatable bonds is 6. The van der Waals surface area contributed by atoms with E-state index in [-0.39, 0.29) is 6.04 Å². The zero-order chi connectivity index (χ0) is 46.5. The minimum Gasteiger partial charge on any atom is -0.334 e. The molecule has 0 radical (unpaired) electrons. The first-order chi connectivity index (χ1) is 34.7. The Morgan fingerprint density at radius 1 is 0.400 bits per heavy atom. The number of fused-ring (bicyclic) bond motifs is 13. The summed E-state index contributed by atoms with van der Waals surface area (Å²) in [5.74, 6) is 0. The Morgan fingerprint density at radius 2 is 0.900 bits per heavy atom. The summed E-state index contributed by atoms with van der Waals surface area (Å²) >= 11 is 0. The molecular weight excluding hydrogens is 853 g/mol. The summed E-state index contributed by atoms with van der Waals surface area (Å²) in [6, 6.07) is 75.9. The van der Waals surface area contributed by atoms with Crippen LogP contribution in [0.15, 0.2) is 224 Å². The van der Waals surface area contributed by atoms with Gasteiger partial charge in [-0.3, -0.25) is 0 Å². The van der Waals surface area contributed by atoms with Gasteiger partial charge in [-0.25, -0.2) is 0 Å². The van der Waals surface area contributed by atoms with Gasteiger partial charge in [0.25, 0.3) is 0 Å². The third-order valence-corrected chi connectivity index (χ3v) is 14.6. The first-order valence-electron chi connectivity index (χ1n) is 23.7. The van der Waals surface area contributed by atoms with Crippen LogP contribution >= 0.6 is 0 Å². The van der Waals surface area contributed by atoms with Crippen molar-refractivity contribution in [2.45, 2.75) is 12.5 Å². The molecule has 6 nitrogen and oxygen atoms in total. The molecule has 70 heavy (non-hydrogen) atoms. The highest BCUT2D eigenvalue weighted by Crippen LogP contribution is 2.44. The highest BCUT2D eigenvalue weighted by Gasteiger charge is 2.25. The molecule has 0 N–H and O–H groups in total. The lowest BCUT2D eigenvalue weighted by atomic mass is 10.0. The van der Waals surface area contributed by atoms with E-state index in [9.17, 15) is 10.5 Å². The molecule has 326 valence electrons. The first kappa shape index (κ1) is 39.5. The normalized spacial score (nSPS) is 13.7. The van der Waals surface area contributed by atoms with Gasteiger partial charge in [-0.05, 0) is 113 Å². The highest BCUT2D eigenvalue weighted by atomic mass is 15.2. The number of hydrogen-bond acceptors (Lipinski definition) is 3. The van der Waals surface area contributed by atoms with Crippen molar-refractivity contribution in [2.75, 3.05) is 4.90 Å². The van der Waals surface area contributed by atoms with Crippen LogP contribution in [0.5, 0.6) is 0 Å². The van der Waals surface area contributed by atoms with Gasteiger partial charge in [0.05, 0.1) is 61.6 Å². The maximum absolute atomic E-state index is 11.3. The van der Waals surface area contributed by atoms with Crippen LogP contribution in [-0.4, -0.2) is 19.7 Å². The molecule has 0 saturated carbocycles. The number of allylic oxidation sites excluding steroid dienone is 2. The van der Waals surface area contributed by atoms with Crippen molar-refractivity contribution in [1.82, 2.24) is 13.7 Å².